The normalized spacial score (nSPS) is 10.5. The molecule has 98 valence electrons. The van der Waals surface area contributed by atoms with Crippen molar-refractivity contribution >= 4 is 49.2 Å². The summed E-state index contributed by atoms with van der Waals surface area (Å²) in [6.45, 7) is 0. The molecule has 0 saturated heterocycles. The number of rotatable bonds is 3. The van der Waals surface area contributed by atoms with Gasteiger partial charge in [-0.1, -0.05) is 49.5 Å². The van der Waals surface area contributed by atoms with Crippen molar-refractivity contribution in [3.63, 3.8) is 0 Å². The van der Waals surface area contributed by atoms with Crippen LogP contribution in [0.1, 0.15) is 21.5 Å². The van der Waals surface area contributed by atoms with Crippen LogP contribution in [0.4, 0.5) is 4.39 Å². The Morgan fingerprint density at radius 1 is 1.16 bits per heavy atom. The number of hydrogen-bond donors (Lipinski definition) is 0. The second-order valence-corrected chi connectivity index (χ2v) is 5.75. The van der Waals surface area contributed by atoms with E-state index in [2.05, 4.69) is 31.9 Å². The summed E-state index contributed by atoms with van der Waals surface area (Å²) in [5.41, 5.74) is 1.46. The standard InChI is InChI=1S/C14H8Br2ClFO/c15-7-8-1-3-10(12(16)5-8)14(19)11-4-2-9(17)6-13(11)18/h1-6H,7H2. The first-order valence-electron chi connectivity index (χ1n) is 5.37. The van der Waals surface area contributed by atoms with E-state index in [1.54, 1.807) is 6.07 Å². The Morgan fingerprint density at radius 2 is 1.84 bits per heavy atom. The van der Waals surface area contributed by atoms with E-state index >= 15 is 0 Å². The smallest absolute Gasteiger partial charge is 0.197 e. The van der Waals surface area contributed by atoms with Crippen molar-refractivity contribution in [2.45, 2.75) is 5.33 Å². The molecule has 0 radical (unpaired) electrons. The third-order valence-electron chi connectivity index (χ3n) is 2.61. The van der Waals surface area contributed by atoms with Crippen LogP contribution in [0.2, 0.25) is 5.02 Å². The van der Waals surface area contributed by atoms with Gasteiger partial charge >= 0.3 is 0 Å². The molecule has 0 N–H and O–H groups in total. The van der Waals surface area contributed by atoms with Crippen LogP contribution >= 0.6 is 43.5 Å². The molecular weight excluding hydrogens is 398 g/mol. The highest BCUT2D eigenvalue weighted by Crippen LogP contribution is 2.24. The van der Waals surface area contributed by atoms with Crippen molar-refractivity contribution in [1.82, 2.24) is 0 Å². The van der Waals surface area contributed by atoms with Crippen LogP contribution in [0.15, 0.2) is 40.9 Å². The van der Waals surface area contributed by atoms with Crippen LogP contribution in [0.5, 0.6) is 0 Å². The molecule has 0 bridgehead atoms. The average Bonchev–Trinajstić information content (AvgIpc) is 2.37. The summed E-state index contributed by atoms with van der Waals surface area (Å²) in [6.07, 6.45) is 0. The number of carbonyl (C=O) groups is 1. The van der Waals surface area contributed by atoms with Gasteiger partial charge in [0.2, 0.25) is 0 Å². The number of carbonyl (C=O) groups excluding carboxylic acids is 1. The summed E-state index contributed by atoms with van der Waals surface area (Å²) < 4.78 is 14.4. The highest BCUT2D eigenvalue weighted by atomic mass is 79.9. The van der Waals surface area contributed by atoms with Gasteiger partial charge in [-0.15, -0.1) is 0 Å². The number of benzene rings is 2. The minimum absolute atomic E-state index is 0.0108. The largest absolute Gasteiger partial charge is 0.288 e. The lowest BCUT2D eigenvalue weighted by Gasteiger charge is -2.07. The molecular formula is C14H8Br2ClFO. The van der Waals surface area contributed by atoms with Crippen LogP contribution in [0.25, 0.3) is 0 Å². The molecule has 19 heavy (non-hydrogen) atoms. The Hall–Kier alpha value is -0.710. The van der Waals surface area contributed by atoms with Crippen LogP contribution in [0.3, 0.4) is 0 Å². The zero-order valence-electron chi connectivity index (χ0n) is 9.59. The minimum Gasteiger partial charge on any atom is -0.288 e. The maximum absolute atomic E-state index is 13.7. The van der Waals surface area contributed by atoms with Crippen molar-refractivity contribution in [3.05, 3.63) is 68.4 Å². The molecule has 0 atom stereocenters. The fourth-order valence-corrected chi connectivity index (χ4v) is 2.76. The van der Waals surface area contributed by atoms with Gasteiger partial charge in [0.25, 0.3) is 0 Å². The topological polar surface area (TPSA) is 17.1 Å². The maximum Gasteiger partial charge on any atom is 0.197 e. The molecule has 2 aromatic rings. The highest BCUT2D eigenvalue weighted by Gasteiger charge is 2.17. The Balaban J connectivity index is 2.44. The van der Waals surface area contributed by atoms with Crippen molar-refractivity contribution in [2.24, 2.45) is 0 Å². The molecule has 0 amide bonds. The lowest BCUT2D eigenvalue weighted by Crippen LogP contribution is -2.05. The zero-order chi connectivity index (χ0) is 14.0. The highest BCUT2D eigenvalue weighted by molar-refractivity contribution is 9.10. The van der Waals surface area contributed by atoms with E-state index in [0.717, 1.165) is 11.6 Å². The summed E-state index contributed by atoms with van der Waals surface area (Å²) in [7, 11) is 0. The predicted molar refractivity (Wildman–Crippen MR) is 81.6 cm³/mol. The lowest BCUT2D eigenvalue weighted by atomic mass is 10.0. The number of hydrogen-bond acceptors (Lipinski definition) is 1. The van der Waals surface area contributed by atoms with Crippen LogP contribution in [0, 0.1) is 5.82 Å². The van der Waals surface area contributed by atoms with E-state index in [4.69, 9.17) is 11.6 Å². The second kappa shape index (κ2) is 6.16. The van der Waals surface area contributed by atoms with Crippen molar-refractivity contribution in [2.75, 3.05) is 0 Å². The molecule has 0 aliphatic carbocycles. The van der Waals surface area contributed by atoms with Gasteiger partial charge < -0.3 is 0 Å². The minimum atomic E-state index is -0.617. The van der Waals surface area contributed by atoms with Crippen molar-refractivity contribution < 1.29 is 9.18 Å². The summed E-state index contributed by atoms with van der Waals surface area (Å²) in [4.78, 5) is 12.3. The van der Waals surface area contributed by atoms with Gasteiger partial charge in [0.1, 0.15) is 5.82 Å². The van der Waals surface area contributed by atoms with Crippen molar-refractivity contribution in [3.8, 4) is 0 Å². The number of ketones is 1. The van der Waals surface area contributed by atoms with Gasteiger partial charge in [-0.2, -0.15) is 0 Å². The summed E-state index contributed by atoms with van der Waals surface area (Å²) >= 11 is 12.3. The van der Waals surface area contributed by atoms with Crippen LogP contribution < -0.4 is 0 Å². The fraction of sp³-hybridized carbons (Fsp3) is 0.0714. The SMILES string of the molecule is O=C(c1ccc(Cl)cc1F)c1ccc(CBr)cc1Br. The van der Waals surface area contributed by atoms with Gasteiger partial charge in [-0.25, -0.2) is 4.39 Å². The molecule has 0 aromatic heterocycles. The van der Waals surface area contributed by atoms with Crippen LogP contribution in [-0.2, 0) is 5.33 Å². The molecule has 0 fully saturated rings. The summed E-state index contributed by atoms with van der Waals surface area (Å²) in [6, 6.07) is 9.35. The van der Waals surface area contributed by atoms with E-state index in [-0.39, 0.29) is 16.4 Å². The van der Waals surface area contributed by atoms with E-state index in [0.29, 0.717) is 15.4 Å². The molecule has 0 aliphatic heterocycles. The molecule has 5 heteroatoms. The summed E-state index contributed by atoms with van der Waals surface area (Å²) in [5.74, 6) is -0.990. The van der Waals surface area contributed by atoms with Gasteiger partial charge in [-0.05, 0) is 35.9 Å². The van der Waals surface area contributed by atoms with E-state index < -0.39 is 5.82 Å². The van der Waals surface area contributed by atoms with Gasteiger partial charge in [0.05, 0.1) is 5.56 Å². The molecule has 0 unspecified atom stereocenters. The second-order valence-electron chi connectivity index (χ2n) is 3.90. The van der Waals surface area contributed by atoms with E-state index in [9.17, 15) is 9.18 Å². The molecule has 0 aliphatic rings. The quantitative estimate of drug-likeness (QED) is 0.495. The maximum atomic E-state index is 13.7. The molecule has 0 heterocycles. The van der Waals surface area contributed by atoms with Gasteiger partial charge in [0, 0.05) is 20.4 Å². The lowest BCUT2D eigenvalue weighted by molar-refractivity contribution is 0.103. The molecule has 2 aromatic carbocycles. The molecule has 1 nitrogen and oxygen atoms in total. The number of halogens is 4. The predicted octanol–water partition coefficient (Wildman–Crippen LogP) is 5.37. The zero-order valence-corrected chi connectivity index (χ0v) is 13.5. The first kappa shape index (κ1) is 14.7. The summed E-state index contributed by atoms with van der Waals surface area (Å²) in [5, 5.41) is 0.956. The molecule has 0 spiro atoms. The van der Waals surface area contributed by atoms with Gasteiger partial charge in [-0.3, -0.25) is 4.79 Å². The first-order chi connectivity index (χ1) is 9.02. The number of alkyl halides is 1. The van der Waals surface area contributed by atoms with Crippen molar-refractivity contribution in [1.29, 1.82) is 0 Å². The molecule has 0 saturated carbocycles. The Bertz CT molecular complexity index is 643. The Kier molecular flexibility index (Phi) is 4.76. The van der Waals surface area contributed by atoms with Crippen LogP contribution in [-0.4, -0.2) is 5.78 Å². The monoisotopic (exact) mass is 404 g/mol. The third-order valence-corrected chi connectivity index (χ3v) is 4.15. The third kappa shape index (κ3) is 3.25. The fourth-order valence-electron chi connectivity index (χ4n) is 1.64. The Morgan fingerprint density at radius 3 is 2.42 bits per heavy atom. The Labute approximate surface area is 132 Å². The van der Waals surface area contributed by atoms with E-state index in [1.165, 1.54) is 12.1 Å². The molecule has 2 rings (SSSR count). The van der Waals surface area contributed by atoms with Gasteiger partial charge in [0.15, 0.2) is 5.78 Å². The first-order valence-corrected chi connectivity index (χ1v) is 7.66. The average molecular weight is 406 g/mol. The van der Waals surface area contributed by atoms with E-state index in [1.807, 2.05) is 12.1 Å².